The maximum Gasteiger partial charge on any atom is 0.0968 e. The van der Waals surface area contributed by atoms with Gasteiger partial charge in [0.1, 0.15) is 0 Å². The Balaban J connectivity index is 1.79. The second kappa shape index (κ2) is 18.1. The fraction of sp³-hybridized carbons (Fsp3) is 0.500. The van der Waals surface area contributed by atoms with Crippen molar-refractivity contribution in [1.29, 1.82) is 0 Å². The van der Waals surface area contributed by atoms with Crippen LogP contribution >= 0.6 is 0 Å². The van der Waals surface area contributed by atoms with E-state index in [-0.39, 0.29) is 17.0 Å². The molecule has 0 aliphatic heterocycles. The third-order valence-corrected chi connectivity index (χ3v) is 9.03. The van der Waals surface area contributed by atoms with Crippen LogP contribution < -0.4 is 5.32 Å². The number of aliphatic imine (C=N–C) groups is 1. The molecule has 2 nitrogen and oxygen atoms in total. The van der Waals surface area contributed by atoms with Gasteiger partial charge in [0.25, 0.3) is 0 Å². The molecule has 0 aromatic rings. The second-order valence-electron chi connectivity index (χ2n) is 14.3. The van der Waals surface area contributed by atoms with Crippen LogP contribution in [0.15, 0.2) is 122 Å². The molecule has 0 aromatic carbocycles. The molecule has 0 bridgehead atoms. The van der Waals surface area contributed by atoms with Gasteiger partial charge in [0.05, 0.1) is 6.17 Å². The quantitative estimate of drug-likeness (QED) is 0.166. The molecule has 0 saturated carbocycles. The first-order chi connectivity index (χ1) is 20.7. The highest BCUT2D eigenvalue weighted by molar-refractivity contribution is 5.73. The molecule has 2 heteroatoms. The summed E-state index contributed by atoms with van der Waals surface area (Å²) in [6.07, 6.45) is 36.0. The molecule has 0 radical (unpaired) electrons. The minimum absolute atomic E-state index is 0.0548. The summed E-state index contributed by atoms with van der Waals surface area (Å²) in [5.41, 5.74) is 11.6. The van der Waals surface area contributed by atoms with Gasteiger partial charge in [-0.05, 0) is 121 Å². The van der Waals surface area contributed by atoms with Crippen molar-refractivity contribution in [2.24, 2.45) is 15.8 Å². The Morgan fingerprint density at radius 2 is 1.16 bits per heavy atom. The highest BCUT2D eigenvalue weighted by Gasteiger charge is 2.27. The molecule has 0 saturated heterocycles. The molecule has 1 unspecified atom stereocenters. The topological polar surface area (TPSA) is 24.4 Å². The van der Waals surface area contributed by atoms with Crippen LogP contribution in [0.1, 0.15) is 115 Å². The van der Waals surface area contributed by atoms with Crippen LogP contribution in [-0.2, 0) is 0 Å². The van der Waals surface area contributed by atoms with Crippen LogP contribution in [0.4, 0.5) is 0 Å². The van der Waals surface area contributed by atoms with E-state index in [0.717, 1.165) is 6.54 Å². The summed E-state index contributed by atoms with van der Waals surface area (Å²) in [5.74, 6) is 0. The molecule has 0 spiro atoms. The molecule has 0 heterocycles. The summed E-state index contributed by atoms with van der Waals surface area (Å²) < 4.78 is 0. The summed E-state index contributed by atoms with van der Waals surface area (Å²) in [6.45, 7) is 25.5. The lowest BCUT2D eigenvalue weighted by Crippen LogP contribution is -2.24. The van der Waals surface area contributed by atoms with Crippen LogP contribution in [0.3, 0.4) is 0 Å². The maximum atomic E-state index is 4.62. The van der Waals surface area contributed by atoms with Crippen LogP contribution in [-0.4, -0.2) is 18.9 Å². The number of rotatable bonds is 13. The fourth-order valence-corrected chi connectivity index (χ4v) is 6.12. The second-order valence-corrected chi connectivity index (χ2v) is 14.3. The van der Waals surface area contributed by atoms with Crippen molar-refractivity contribution in [2.75, 3.05) is 6.54 Å². The number of hydrogen-bond acceptors (Lipinski definition) is 2. The predicted octanol–water partition coefficient (Wildman–Crippen LogP) is 12.1. The molecule has 240 valence electrons. The van der Waals surface area contributed by atoms with Gasteiger partial charge in [0.2, 0.25) is 0 Å². The van der Waals surface area contributed by atoms with Crippen molar-refractivity contribution in [3.05, 3.63) is 117 Å². The van der Waals surface area contributed by atoms with Gasteiger partial charge >= 0.3 is 0 Å². The summed E-state index contributed by atoms with van der Waals surface area (Å²) in [7, 11) is 0. The molecule has 0 fully saturated rings. The first kappa shape index (κ1) is 37.2. The normalized spacial score (nSPS) is 21.8. The highest BCUT2D eigenvalue weighted by Crippen LogP contribution is 2.41. The standard InChI is InChI=1S/C42H62N2/c1-32(22-24-39-36(5)20-14-28-41(39,8)9)16-12-18-34(3)26-30-43-38(7)44-31-27-35(4)19-13-17-33(2)23-25-40-37(6)21-15-29-42(40,10)11/h12-13,16-19,22-27,30,38,44H,14-15,20-21,28-29,31H2,1-11H3. The van der Waals surface area contributed by atoms with E-state index in [0.29, 0.717) is 0 Å². The Hall–Kier alpha value is -2.97. The zero-order valence-corrected chi connectivity index (χ0v) is 30.0. The van der Waals surface area contributed by atoms with Crippen molar-refractivity contribution in [3.63, 3.8) is 0 Å². The largest absolute Gasteiger partial charge is 0.292 e. The Morgan fingerprint density at radius 3 is 1.64 bits per heavy atom. The third kappa shape index (κ3) is 13.3. The maximum absolute atomic E-state index is 4.62. The predicted molar refractivity (Wildman–Crippen MR) is 198 cm³/mol. The van der Waals surface area contributed by atoms with E-state index in [4.69, 9.17) is 0 Å². The zero-order chi connectivity index (χ0) is 32.8. The number of allylic oxidation sites excluding steroid dienone is 19. The van der Waals surface area contributed by atoms with Crippen LogP contribution in [0.2, 0.25) is 0 Å². The molecule has 1 atom stereocenters. The van der Waals surface area contributed by atoms with Crippen molar-refractivity contribution in [1.82, 2.24) is 5.32 Å². The summed E-state index contributed by atoms with van der Waals surface area (Å²) in [5, 5.41) is 3.45. The fourth-order valence-electron chi connectivity index (χ4n) is 6.12. The lowest BCUT2D eigenvalue weighted by molar-refractivity contribution is 0.376. The van der Waals surface area contributed by atoms with Gasteiger partial charge in [-0.25, -0.2) is 0 Å². The molecule has 2 aliphatic carbocycles. The lowest BCUT2D eigenvalue weighted by atomic mass is 9.72. The molecule has 44 heavy (non-hydrogen) atoms. The van der Waals surface area contributed by atoms with Gasteiger partial charge in [-0.3, -0.25) is 10.3 Å². The average molecular weight is 595 g/mol. The number of hydrogen-bond donors (Lipinski definition) is 1. The van der Waals surface area contributed by atoms with E-state index in [1.165, 1.54) is 72.0 Å². The summed E-state index contributed by atoms with van der Waals surface area (Å²) in [6, 6.07) is 0. The van der Waals surface area contributed by atoms with E-state index in [9.17, 15) is 0 Å². The molecular weight excluding hydrogens is 532 g/mol. The number of nitrogens with zero attached hydrogens (tertiary/aromatic N) is 1. The molecule has 1 N–H and O–H groups in total. The molecule has 0 aromatic heterocycles. The molecule has 2 rings (SSSR count). The minimum Gasteiger partial charge on any atom is -0.292 e. The van der Waals surface area contributed by atoms with Crippen LogP contribution in [0.5, 0.6) is 0 Å². The molecular formula is C42H62N2. The molecule has 2 aliphatic rings. The van der Waals surface area contributed by atoms with Crippen molar-refractivity contribution < 1.29 is 0 Å². The van der Waals surface area contributed by atoms with E-state index in [1.807, 2.05) is 6.21 Å². The average Bonchev–Trinajstić information content (AvgIpc) is 2.91. The van der Waals surface area contributed by atoms with Crippen molar-refractivity contribution in [3.8, 4) is 0 Å². The highest BCUT2D eigenvalue weighted by atomic mass is 15.0. The zero-order valence-electron chi connectivity index (χ0n) is 30.0. The SMILES string of the molecule is CC(C=CC1=C(C)CCCC1(C)C)=CC=CC(C)=CC=NC(C)NCC=C(C)C=CC=C(C)C=CC1=C(C)CCCC1(C)C. The van der Waals surface area contributed by atoms with Crippen molar-refractivity contribution in [2.45, 2.75) is 121 Å². The van der Waals surface area contributed by atoms with Gasteiger partial charge < -0.3 is 0 Å². The summed E-state index contributed by atoms with van der Waals surface area (Å²) >= 11 is 0. The van der Waals surface area contributed by atoms with E-state index >= 15 is 0 Å². The Kier molecular flexibility index (Phi) is 15.3. The minimum atomic E-state index is 0.0548. The lowest BCUT2D eigenvalue weighted by Gasteiger charge is -2.33. The smallest absolute Gasteiger partial charge is 0.0968 e. The van der Waals surface area contributed by atoms with Gasteiger partial charge in [0.15, 0.2) is 0 Å². The van der Waals surface area contributed by atoms with E-state index in [2.05, 4.69) is 159 Å². The van der Waals surface area contributed by atoms with Crippen LogP contribution in [0.25, 0.3) is 0 Å². The van der Waals surface area contributed by atoms with Gasteiger partial charge in [-0.1, -0.05) is 122 Å². The number of nitrogens with one attached hydrogen (secondary N) is 1. The van der Waals surface area contributed by atoms with Crippen molar-refractivity contribution >= 4 is 6.21 Å². The first-order valence-corrected chi connectivity index (χ1v) is 16.8. The van der Waals surface area contributed by atoms with E-state index < -0.39 is 0 Å². The van der Waals surface area contributed by atoms with Gasteiger partial charge in [-0.2, -0.15) is 0 Å². The summed E-state index contributed by atoms with van der Waals surface area (Å²) in [4.78, 5) is 4.62. The van der Waals surface area contributed by atoms with E-state index in [1.54, 1.807) is 11.1 Å². The van der Waals surface area contributed by atoms with Crippen LogP contribution in [0, 0.1) is 10.8 Å². The Labute approximate surface area is 271 Å². The van der Waals surface area contributed by atoms with Gasteiger partial charge in [-0.15, -0.1) is 0 Å². The Bertz CT molecular complexity index is 1300. The first-order valence-electron chi connectivity index (χ1n) is 16.8. The third-order valence-electron chi connectivity index (χ3n) is 9.03. The Morgan fingerprint density at radius 1 is 0.705 bits per heavy atom. The van der Waals surface area contributed by atoms with Gasteiger partial charge in [0, 0.05) is 12.8 Å². The molecule has 0 amide bonds. The monoisotopic (exact) mass is 594 g/mol.